The third-order valence-corrected chi connectivity index (χ3v) is 1.84. The second kappa shape index (κ2) is 3.21. The highest BCUT2D eigenvalue weighted by Gasteiger charge is 2.05. The average Bonchev–Trinajstić information content (AvgIpc) is 2.04. The predicted molar refractivity (Wildman–Crippen MR) is 42.9 cm³/mol. The van der Waals surface area contributed by atoms with Gasteiger partial charge in [-0.25, -0.2) is 9.97 Å². The summed E-state index contributed by atoms with van der Waals surface area (Å²) in [4.78, 5) is 7.57. The van der Waals surface area contributed by atoms with Gasteiger partial charge in [-0.15, -0.1) is 11.8 Å². The standard InChI is InChI=1S/C6H6N4S/c1-11-6-4(2-7)5(8)9-3-10-6/h3H,1H3,(H2,8,9,10). The molecule has 0 saturated heterocycles. The molecule has 0 spiro atoms. The minimum absolute atomic E-state index is 0.242. The highest BCUT2D eigenvalue weighted by Crippen LogP contribution is 2.18. The van der Waals surface area contributed by atoms with Gasteiger partial charge in [0.2, 0.25) is 0 Å². The highest BCUT2D eigenvalue weighted by atomic mass is 32.2. The smallest absolute Gasteiger partial charge is 0.145 e. The molecule has 0 bridgehead atoms. The van der Waals surface area contributed by atoms with Gasteiger partial charge in [-0.05, 0) is 6.26 Å². The third kappa shape index (κ3) is 1.41. The third-order valence-electron chi connectivity index (χ3n) is 1.15. The highest BCUT2D eigenvalue weighted by molar-refractivity contribution is 7.98. The van der Waals surface area contributed by atoms with E-state index in [2.05, 4.69) is 9.97 Å². The lowest BCUT2D eigenvalue weighted by atomic mass is 10.3. The van der Waals surface area contributed by atoms with Crippen LogP contribution in [0.1, 0.15) is 5.56 Å². The zero-order chi connectivity index (χ0) is 8.27. The summed E-state index contributed by atoms with van der Waals surface area (Å²) in [5, 5.41) is 9.23. The van der Waals surface area contributed by atoms with Crippen molar-refractivity contribution in [1.82, 2.24) is 9.97 Å². The van der Waals surface area contributed by atoms with E-state index < -0.39 is 0 Å². The van der Waals surface area contributed by atoms with Gasteiger partial charge in [-0.1, -0.05) is 0 Å². The van der Waals surface area contributed by atoms with Crippen LogP contribution in [0.3, 0.4) is 0 Å². The molecule has 56 valence electrons. The van der Waals surface area contributed by atoms with Gasteiger partial charge in [-0.2, -0.15) is 5.26 Å². The van der Waals surface area contributed by atoms with Crippen LogP contribution in [0.5, 0.6) is 0 Å². The van der Waals surface area contributed by atoms with Crippen molar-refractivity contribution in [3.8, 4) is 6.07 Å². The van der Waals surface area contributed by atoms with Crippen molar-refractivity contribution in [2.45, 2.75) is 5.03 Å². The summed E-state index contributed by atoms with van der Waals surface area (Å²) in [6.45, 7) is 0. The second-order valence-corrected chi connectivity index (χ2v) is 2.55. The van der Waals surface area contributed by atoms with Crippen LogP contribution in [0.15, 0.2) is 11.4 Å². The Balaban J connectivity index is 3.27. The van der Waals surface area contributed by atoms with Crippen LogP contribution in [-0.2, 0) is 0 Å². The maximum absolute atomic E-state index is 8.61. The summed E-state index contributed by atoms with van der Waals surface area (Å²) in [5.41, 5.74) is 5.78. The molecule has 0 radical (unpaired) electrons. The number of hydrogen-bond acceptors (Lipinski definition) is 5. The number of anilines is 1. The van der Waals surface area contributed by atoms with Crippen molar-refractivity contribution in [2.75, 3.05) is 12.0 Å². The molecule has 0 aromatic carbocycles. The fourth-order valence-electron chi connectivity index (χ4n) is 0.642. The molecule has 1 heterocycles. The van der Waals surface area contributed by atoms with E-state index in [1.807, 2.05) is 12.3 Å². The van der Waals surface area contributed by atoms with Crippen molar-refractivity contribution < 1.29 is 0 Å². The largest absolute Gasteiger partial charge is 0.382 e. The predicted octanol–water partition coefficient (Wildman–Crippen LogP) is 0.652. The van der Waals surface area contributed by atoms with Crippen molar-refractivity contribution in [1.29, 1.82) is 5.26 Å². The lowest BCUT2D eigenvalue weighted by Crippen LogP contribution is -1.97. The number of nitrogens with zero attached hydrogens (tertiary/aromatic N) is 3. The zero-order valence-electron chi connectivity index (χ0n) is 5.90. The SMILES string of the molecule is CSc1ncnc(N)c1C#N. The van der Waals surface area contributed by atoms with E-state index in [-0.39, 0.29) is 5.82 Å². The van der Waals surface area contributed by atoms with E-state index >= 15 is 0 Å². The molecule has 0 aliphatic heterocycles. The minimum atomic E-state index is 0.242. The van der Waals surface area contributed by atoms with Crippen molar-refractivity contribution in [3.05, 3.63) is 11.9 Å². The van der Waals surface area contributed by atoms with Gasteiger partial charge in [0.25, 0.3) is 0 Å². The van der Waals surface area contributed by atoms with E-state index in [1.54, 1.807) is 0 Å². The Morgan fingerprint density at radius 1 is 1.64 bits per heavy atom. The topological polar surface area (TPSA) is 75.6 Å². The average molecular weight is 166 g/mol. The molecule has 0 atom stereocenters. The summed E-state index contributed by atoms with van der Waals surface area (Å²) in [6, 6.07) is 1.94. The van der Waals surface area contributed by atoms with E-state index in [0.717, 1.165) is 0 Å². The van der Waals surface area contributed by atoms with Crippen molar-refractivity contribution in [2.24, 2.45) is 0 Å². The number of nitriles is 1. The first-order valence-electron chi connectivity index (χ1n) is 2.84. The quantitative estimate of drug-likeness (QED) is 0.489. The Morgan fingerprint density at radius 2 is 2.36 bits per heavy atom. The summed E-state index contributed by atoms with van der Waals surface area (Å²) in [5.74, 6) is 0.242. The monoisotopic (exact) mass is 166 g/mol. The van der Waals surface area contributed by atoms with Crippen LogP contribution in [0.2, 0.25) is 0 Å². The number of rotatable bonds is 1. The molecule has 0 aliphatic carbocycles. The van der Waals surface area contributed by atoms with Crippen LogP contribution in [0, 0.1) is 11.3 Å². The lowest BCUT2D eigenvalue weighted by Gasteiger charge is -1.98. The summed E-state index contributed by atoms with van der Waals surface area (Å²) in [7, 11) is 0. The fraction of sp³-hybridized carbons (Fsp3) is 0.167. The Bertz CT molecular complexity index is 304. The Labute approximate surface area is 68.5 Å². The van der Waals surface area contributed by atoms with Gasteiger partial charge in [0.15, 0.2) is 0 Å². The molecule has 0 aliphatic rings. The minimum Gasteiger partial charge on any atom is -0.382 e. The van der Waals surface area contributed by atoms with Gasteiger partial charge in [-0.3, -0.25) is 0 Å². The normalized spacial score (nSPS) is 9.09. The molecule has 1 aromatic rings. The van der Waals surface area contributed by atoms with Gasteiger partial charge in [0.1, 0.15) is 28.8 Å². The molecule has 5 heteroatoms. The van der Waals surface area contributed by atoms with Gasteiger partial charge < -0.3 is 5.73 Å². The number of nitrogen functional groups attached to an aromatic ring is 1. The fourth-order valence-corrected chi connectivity index (χ4v) is 1.15. The molecule has 11 heavy (non-hydrogen) atoms. The van der Waals surface area contributed by atoms with Gasteiger partial charge in [0, 0.05) is 0 Å². The van der Waals surface area contributed by atoms with Crippen molar-refractivity contribution in [3.63, 3.8) is 0 Å². The first-order chi connectivity index (χ1) is 5.29. The van der Waals surface area contributed by atoms with E-state index in [4.69, 9.17) is 11.0 Å². The van der Waals surface area contributed by atoms with Crippen LogP contribution in [0.4, 0.5) is 5.82 Å². The molecular formula is C6H6N4S. The lowest BCUT2D eigenvalue weighted by molar-refractivity contribution is 1.04. The van der Waals surface area contributed by atoms with E-state index in [1.165, 1.54) is 18.1 Å². The number of thioether (sulfide) groups is 1. The molecular weight excluding hydrogens is 160 g/mol. The zero-order valence-corrected chi connectivity index (χ0v) is 6.72. The Morgan fingerprint density at radius 3 is 2.82 bits per heavy atom. The Hall–Kier alpha value is -1.28. The number of aromatic nitrogens is 2. The molecule has 0 fully saturated rings. The molecule has 0 amide bonds. The first kappa shape index (κ1) is 7.82. The van der Waals surface area contributed by atoms with Crippen LogP contribution in [0.25, 0.3) is 0 Å². The summed E-state index contributed by atoms with van der Waals surface area (Å²) < 4.78 is 0. The molecule has 2 N–H and O–H groups in total. The summed E-state index contributed by atoms with van der Waals surface area (Å²) >= 11 is 1.38. The van der Waals surface area contributed by atoms with Crippen molar-refractivity contribution >= 4 is 17.6 Å². The maximum Gasteiger partial charge on any atom is 0.145 e. The molecule has 0 unspecified atom stereocenters. The molecule has 4 nitrogen and oxygen atoms in total. The van der Waals surface area contributed by atoms with E-state index in [0.29, 0.717) is 10.6 Å². The van der Waals surface area contributed by atoms with Crippen LogP contribution >= 0.6 is 11.8 Å². The summed E-state index contributed by atoms with van der Waals surface area (Å²) in [6.07, 6.45) is 3.19. The molecule has 1 aromatic heterocycles. The van der Waals surface area contributed by atoms with E-state index in [9.17, 15) is 0 Å². The van der Waals surface area contributed by atoms with Gasteiger partial charge in [0.05, 0.1) is 0 Å². The Kier molecular flexibility index (Phi) is 2.28. The van der Waals surface area contributed by atoms with Crippen LogP contribution in [-0.4, -0.2) is 16.2 Å². The number of hydrogen-bond donors (Lipinski definition) is 1. The molecule has 0 saturated carbocycles. The molecule has 1 rings (SSSR count). The number of nitrogens with two attached hydrogens (primary N) is 1. The van der Waals surface area contributed by atoms with Crippen LogP contribution < -0.4 is 5.73 Å². The first-order valence-corrected chi connectivity index (χ1v) is 4.06. The van der Waals surface area contributed by atoms with Gasteiger partial charge >= 0.3 is 0 Å². The second-order valence-electron chi connectivity index (χ2n) is 1.75. The maximum atomic E-state index is 8.61.